The van der Waals surface area contributed by atoms with E-state index in [9.17, 15) is 9.59 Å². The molecule has 2 aromatic rings. The Morgan fingerprint density at radius 3 is 2.52 bits per heavy atom. The Balaban J connectivity index is 2.05. The van der Waals surface area contributed by atoms with Gasteiger partial charge in [-0.2, -0.15) is 0 Å². The number of halogens is 2. The average molecular weight is 379 g/mol. The zero-order chi connectivity index (χ0) is 18.6. The molecular formula is C19H20Cl2N2O2. The Hall–Kier alpha value is -1.88. The molecule has 132 valence electrons. The molecule has 0 aliphatic rings. The highest BCUT2D eigenvalue weighted by atomic mass is 35.5. The van der Waals surface area contributed by atoms with Crippen LogP contribution in [0.1, 0.15) is 29.8 Å². The van der Waals surface area contributed by atoms with Crippen molar-refractivity contribution < 1.29 is 9.59 Å². The lowest BCUT2D eigenvalue weighted by Crippen LogP contribution is -2.39. The molecule has 0 heterocycles. The number of Topliss-reactive ketones (excluding diaryl/α,β-unsaturated/α-hetero) is 1. The summed E-state index contributed by atoms with van der Waals surface area (Å²) in [5.74, 6) is -0.210. The predicted molar refractivity (Wildman–Crippen MR) is 102 cm³/mol. The number of hydrogen-bond acceptors (Lipinski definition) is 3. The summed E-state index contributed by atoms with van der Waals surface area (Å²) < 4.78 is 0. The van der Waals surface area contributed by atoms with Crippen molar-refractivity contribution in [1.29, 1.82) is 0 Å². The largest absolute Gasteiger partial charge is 0.325 e. The number of anilines is 1. The van der Waals surface area contributed by atoms with Gasteiger partial charge in [-0.3, -0.25) is 14.5 Å². The molecule has 25 heavy (non-hydrogen) atoms. The maximum Gasteiger partial charge on any atom is 0.241 e. The maximum absolute atomic E-state index is 12.5. The zero-order valence-corrected chi connectivity index (χ0v) is 15.9. The second kappa shape index (κ2) is 8.48. The van der Waals surface area contributed by atoms with E-state index in [0.717, 1.165) is 5.56 Å². The molecule has 1 N–H and O–H groups in total. The number of nitrogens with zero attached hydrogens (tertiary/aromatic N) is 1. The van der Waals surface area contributed by atoms with E-state index in [0.29, 0.717) is 27.8 Å². The Labute approximate surface area is 157 Å². The van der Waals surface area contributed by atoms with Crippen LogP contribution in [0.25, 0.3) is 0 Å². The first kappa shape index (κ1) is 19.4. The number of ketones is 1. The molecular weight excluding hydrogens is 359 g/mol. The van der Waals surface area contributed by atoms with E-state index in [1.165, 1.54) is 6.92 Å². The van der Waals surface area contributed by atoms with Crippen molar-refractivity contribution in [2.24, 2.45) is 0 Å². The number of benzene rings is 2. The molecule has 0 unspecified atom stereocenters. The van der Waals surface area contributed by atoms with Gasteiger partial charge in [0, 0.05) is 17.8 Å². The van der Waals surface area contributed by atoms with Gasteiger partial charge in [0.15, 0.2) is 5.78 Å². The van der Waals surface area contributed by atoms with E-state index in [4.69, 9.17) is 23.2 Å². The maximum atomic E-state index is 12.5. The van der Waals surface area contributed by atoms with E-state index in [1.54, 1.807) is 30.3 Å². The molecule has 0 bridgehead atoms. The summed E-state index contributed by atoms with van der Waals surface area (Å²) in [5.41, 5.74) is 2.01. The molecule has 0 spiro atoms. The summed E-state index contributed by atoms with van der Waals surface area (Å²) in [6.07, 6.45) is 0. The van der Waals surface area contributed by atoms with Crippen molar-refractivity contribution in [3.8, 4) is 0 Å². The van der Waals surface area contributed by atoms with Crippen LogP contribution in [0.15, 0.2) is 42.5 Å². The first-order chi connectivity index (χ1) is 11.8. The molecule has 1 atom stereocenters. The van der Waals surface area contributed by atoms with Crippen molar-refractivity contribution in [1.82, 2.24) is 4.90 Å². The first-order valence-electron chi connectivity index (χ1n) is 7.84. The minimum absolute atomic E-state index is 0.0446. The predicted octanol–water partition coefficient (Wildman–Crippen LogP) is 4.66. The zero-order valence-electron chi connectivity index (χ0n) is 14.3. The van der Waals surface area contributed by atoms with Gasteiger partial charge in [-0.25, -0.2) is 0 Å². The third kappa shape index (κ3) is 5.05. The molecule has 2 rings (SSSR count). The summed E-state index contributed by atoms with van der Waals surface area (Å²) in [6.45, 7) is 3.79. The highest BCUT2D eigenvalue weighted by Crippen LogP contribution is 2.26. The van der Waals surface area contributed by atoms with Crippen molar-refractivity contribution in [2.45, 2.75) is 26.4 Å². The normalized spacial score (nSPS) is 12.1. The number of likely N-dealkylation sites (N-methyl/N-ethyl adjacent to an activating group) is 1. The molecule has 0 aliphatic heterocycles. The van der Waals surface area contributed by atoms with Gasteiger partial charge in [0.1, 0.15) is 0 Å². The number of carbonyl (C=O) groups is 2. The Morgan fingerprint density at radius 1 is 1.16 bits per heavy atom. The van der Waals surface area contributed by atoms with E-state index >= 15 is 0 Å². The molecule has 0 radical (unpaired) electrons. The van der Waals surface area contributed by atoms with E-state index in [-0.39, 0.29) is 11.7 Å². The van der Waals surface area contributed by atoms with Crippen molar-refractivity contribution in [2.75, 3.05) is 12.4 Å². The fourth-order valence-corrected chi connectivity index (χ4v) is 2.72. The van der Waals surface area contributed by atoms with Gasteiger partial charge >= 0.3 is 0 Å². The minimum atomic E-state index is -0.393. The third-order valence-electron chi connectivity index (χ3n) is 4.03. The third-order valence-corrected chi connectivity index (χ3v) is 4.89. The van der Waals surface area contributed by atoms with E-state index in [2.05, 4.69) is 5.32 Å². The fourth-order valence-electron chi connectivity index (χ4n) is 2.34. The fraction of sp³-hybridized carbons (Fsp3) is 0.263. The molecule has 0 aromatic heterocycles. The summed E-state index contributed by atoms with van der Waals surface area (Å²) in [5, 5.41) is 3.83. The number of carbonyl (C=O) groups excluding carboxylic acids is 2. The molecule has 1 amide bonds. The molecule has 4 nitrogen and oxygen atoms in total. The van der Waals surface area contributed by atoms with Crippen LogP contribution in [-0.2, 0) is 11.3 Å². The van der Waals surface area contributed by atoms with Crippen LogP contribution in [-0.4, -0.2) is 29.7 Å². The van der Waals surface area contributed by atoms with E-state index < -0.39 is 6.04 Å². The number of rotatable bonds is 6. The molecule has 2 aromatic carbocycles. The van der Waals surface area contributed by atoms with E-state index in [1.807, 2.05) is 31.0 Å². The lowest BCUT2D eigenvalue weighted by molar-refractivity contribution is -0.120. The summed E-state index contributed by atoms with van der Waals surface area (Å²) in [4.78, 5) is 25.8. The number of hydrogen-bond donors (Lipinski definition) is 1. The lowest BCUT2D eigenvalue weighted by Gasteiger charge is -2.24. The minimum Gasteiger partial charge on any atom is -0.325 e. The van der Waals surface area contributed by atoms with Gasteiger partial charge in [0.05, 0.1) is 16.1 Å². The second-order valence-electron chi connectivity index (χ2n) is 5.93. The second-order valence-corrected chi connectivity index (χ2v) is 6.72. The summed E-state index contributed by atoms with van der Waals surface area (Å²) in [7, 11) is 1.84. The van der Waals surface area contributed by atoms with Gasteiger partial charge in [-0.05, 0) is 44.7 Å². The van der Waals surface area contributed by atoms with Gasteiger partial charge in [-0.15, -0.1) is 0 Å². The Morgan fingerprint density at radius 2 is 1.84 bits per heavy atom. The first-order valence-corrected chi connectivity index (χ1v) is 8.60. The lowest BCUT2D eigenvalue weighted by atomic mass is 10.1. The highest BCUT2D eigenvalue weighted by molar-refractivity contribution is 6.42. The van der Waals surface area contributed by atoms with Crippen molar-refractivity contribution in [3.63, 3.8) is 0 Å². The topological polar surface area (TPSA) is 49.4 Å². The standard InChI is InChI=1S/C19H20Cl2N2O2/c1-12(23(3)11-15-7-5-9-17(20)18(15)21)19(25)22-16-8-4-6-14(10-16)13(2)24/h4-10,12H,11H2,1-3H3,(H,22,25)/t12-/m1/s1. The van der Waals surface area contributed by atoms with Crippen LogP contribution in [0.4, 0.5) is 5.69 Å². The summed E-state index contributed by atoms with van der Waals surface area (Å²) >= 11 is 12.2. The Kier molecular flexibility index (Phi) is 6.59. The highest BCUT2D eigenvalue weighted by Gasteiger charge is 2.19. The molecule has 0 saturated heterocycles. The van der Waals surface area contributed by atoms with Gasteiger partial charge in [0.2, 0.25) is 5.91 Å². The van der Waals surface area contributed by atoms with Crippen LogP contribution in [0.3, 0.4) is 0 Å². The van der Waals surface area contributed by atoms with Crippen molar-refractivity contribution >= 4 is 40.6 Å². The SMILES string of the molecule is CC(=O)c1cccc(NC(=O)[C@@H](C)N(C)Cc2cccc(Cl)c2Cl)c1. The number of nitrogens with one attached hydrogen (secondary N) is 1. The van der Waals surface area contributed by atoms with Gasteiger partial charge in [0.25, 0.3) is 0 Å². The summed E-state index contributed by atoms with van der Waals surface area (Å²) in [6, 6.07) is 11.9. The van der Waals surface area contributed by atoms with Gasteiger partial charge in [-0.1, -0.05) is 47.5 Å². The molecule has 0 aliphatic carbocycles. The molecule has 0 saturated carbocycles. The molecule has 6 heteroatoms. The molecule has 0 fully saturated rings. The van der Waals surface area contributed by atoms with Crippen LogP contribution >= 0.6 is 23.2 Å². The average Bonchev–Trinajstić information content (AvgIpc) is 2.58. The smallest absolute Gasteiger partial charge is 0.241 e. The van der Waals surface area contributed by atoms with Crippen LogP contribution < -0.4 is 5.32 Å². The van der Waals surface area contributed by atoms with Crippen LogP contribution in [0.2, 0.25) is 10.0 Å². The van der Waals surface area contributed by atoms with Crippen LogP contribution in [0.5, 0.6) is 0 Å². The number of amides is 1. The Bertz CT molecular complexity index is 793. The van der Waals surface area contributed by atoms with Gasteiger partial charge < -0.3 is 5.32 Å². The van der Waals surface area contributed by atoms with Crippen molar-refractivity contribution in [3.05, 3.63) is 63.6 Å². The monoisotopic (exact) mass is 378 g/mol. The van der Waals surface area contributed by atoms with Crippen LogP contribution in [0, 0.1) is 0 Å². The quantitative estimate of drug-likeness (QED) is 0.743.